The van der Waals surface area contributed by atoms with Gasteiger partial charge in [0.05, 0.1) is 10.6 Å². The fourth-order valence-corrected chi connectivity index (χ4v) is 4.71. The van der Waals surface area contributed by atoms with E-state index in [2.05, 4.69) is 5.32 Å². The Bertz CT molecular complexity index is 876. The van der Waals surface area contributed by atoms with Crippen molar-refractivity contribution in [1.82, 2.24) is 5.32 Å². The summed E-state index contributed by atoms with van der Waals surface area (Å²) in [4.78, 5) is 12.7. The van der Waals surface area contributed by atoms with Crippen LogP contribution in [-0.2, 0) is 10.0 Å². The van der Waals surface area contributed by atoms with E-state index in [0.29, 0.717) is 23.4 Å². The Hall–Kier alpha value is -2.34. The predicted molar refractivity (Wildman–Crippen MR) is 110 cm³/mol. The summed E-state index contributed by atoms with van der Waals surface area (Å²) >= 11 is 0. The van der Waals surface area contributed by atoms with E-state index in [-0.39, 0.29) is 16.8 Å². The van der Waals surface area contributed by atoms with Gasteiger partial charge in [0, 0.05) is 18.2 Å². The minimum absolute atomic E-state index is 0.0790. The SMILES string of the molecule is CCC(CC)NC(=O)c1ccc(C)c(S(=O)(=O)N(CC)c2ccccc2)c1. The second-order valence-electron chi connectivity index (χ2n) is 6.47. The van der Waals surface area contributed by atoms with Crippen LogP contribution in [0.5, 0.6) is 0 Å². The van der Waals surface area contributed by atoms with Crippen molar-refractivity contribution >= 4 is 21.6 Å². The molecule has 0 radical (unpaired) electrons. The van der Waals surface area contributed by atoms with Gasteiger partial charge in [-0.15, -0.1) is 0 Å². The first-order valence-corrected chi connectivity index (χ1v) is 10.8. The predicted octanol–water partition coefficient (Wildman–Crippen LogP) is 4.13. The summed E-state index contributed by atoms with van der Waals surface area (Å²) in [5.74, 6) is -0.247. The number of nitrogens with zero attached hydrogens (tertiary/aromatic N) is 1. The molecular formula is C21H28N2O3S. The summed E-state index contributed by atoms with van der Waals surface area (Å²) in [6.07, 6.45) is 1.66. The van der Waals surface area contributed by atoms with Gasteiger partial charge >= 0.3 is 0 Å². The summed E-state index contributed by atoms with van der Waals surface area (Å²) in [7, 11) is -3.78. The van der Waals surface area contributed by atoms with Gasteiger partial charge in [0.25, 0.3) is 15.9 Å². The Morgan fingerprint density at radius 3 is 2.22 bits per heavy atom. The lowest BCUT2D eigenvalue weighted by Gasteiger charge is -2.24. The van der Waals surface area contributed by atoms with E-state index in [4.69, 9.17) is 0 Å². The number of benzene rings is 2. The van der Waals surface area contributed by atoms with E-state index in [1.165, 1.54) is 10.4 Å². The summed E-state index contributed by atoms with van der Waals surface area (Å²) < 4.78 is 27.9. The number of sulfonamides is 1. The van der Waals surface area contributed by atoms with Crippen molar-refractivity contribution in [3.8, 4) is 0 Å². The summed E-state index contributed by atoms with van der Waals surface area (Å²) in [6.45, 7) is 7.87. The number of carbonyl (C=O) groups excluding carboxylic acids is 1. The Balaban J connectivity index is 2.43. The molecule has 27 heavy (non-hydrogen) atoms. The molecule has 6 heteroatoms. The highest BCUT2D eigenvalue weighted by atomic mass is 32.2. The number of anilines is 1. The first-order valence-electron chi connectivity index (χ1n) is 9.34. The van der Waals surface area contributed by atoms with Gasteiger partial charge in [0.1, 0.15) is 0 Å². The summed E-state index contributed by atoms with van der Waals surface area (Å²) in [6, 6.07) is 13.9. The Labute approximate surface area is 162 Å². The maximum Gasteiger partial charge on any atom is 0.264 e. The second-order valence-corrected chi connectivity index (χ2v) is 8.30. The van der Waals surface area contributed by atoms with Crippen LogP contribution < -0.4 is 9.62 Å². The van der Waals surface area contributed by atoms with Crippen molar-refractivity contribution in [1.29, 1.82) is 0 Å². The van der Waals surface area contributed by atoms with Gasteiger partial charge in [-0.3, -0.25) is 9.10 Å². The molecule has 0 atom stereocenters. The van der Waals surface area contributed by atoms with Crippen LogP contribution in [-0.4, -0.2) is 26.9 Å². The number of nitrogens with one attached hydrogen (secondary N) is 1. The number of hydrogen-bond donors (Lipinski definition) is 1. The standard InChI is InChI=1S/C21H28N2O3S/c1-5-18(6-2)22-21(24)17-14-13-16(4)20(15-17)27(25,26)23(7-3)19-11-9-8-10-12-19/h8-15,18H,5-7H2,1-4H3,(H,22,24). The molecule has 0 unspecified atom stereocenters. The highest BCUT2D eigenvalue weighted by Gasteiger charge is 2.26. The smallest absolute Gasteiger partial charge is 0.264 e. The lowest BCUT2D eigenvalue weighted by atomic mass is 10.1. The minimum atomic E-state index is -3.78. The fraction of sp³-hybridized carbons (Fsp3) is 0.381. The van der Waals surface area contributed by atoms with Crippen LogP contribution in [0.2, 0.25) is 0 Å². The molecule has 146 valence electrons. The molecule has 2 rings (SSSR count). The van der Waals surface area contributed by atoms with Gasteiger partial charge in [-0.1, -0.05) is 38.1 Å². The lowest BCUT2D eigenvalue weighted by Crippen LogP contribution is -2.34. The quantitative estimate of drug-likeness (QED) is 0.739. The van der Waals surface area contributed by atoms with Crippen molar-refractivity contribution in [2.24, 2.45) is 0 Å². The molecular weight excluding hydrogens is 360 g/mol. The van der Waals surface area contributed by atoms with Crippen molar-refractivity contribution in [2.45, 2.75) is 51.5 Å². The third kappa shape index (κ3) is 4.69. The molecule has 0 heterocycles. The zero-order valence-electron chi connectivity index (χ0n) is 16.4. The van der Waals surface area contributed by atoms with Crippen LogP contribution in [0.3, 0.4) is 0 Å². The van der Waals surface area contributed by atoms with Crippen molar-refractivity contribution in [3.63, 3.8) is 0 Å². The highest BCUT2D eigenvalue weighted by molar-refractivity contribution is 7.92. The van der Waals surface area contributed by atoms with Gasteiger partial charge in [-0.2, -0.15) is 0 Å². The zero-order valence-corrected chi connectivity index (χ0v) is 17.2. The molecule has 0 bridgehead atoms. The number of aryl methyl sites for hydroxylation is 1. The first kappa shape index (κ1) is 21.0. The Kier molecular flexibility index (Phi) is 7.02. The molecule has 0 aliphatic carbocycles. The van der Waals surface area contributed by atoms with Gasteiger partial charge in [0.15, 0.2) is 0 Å². The third-order valence-corrected chi connectivity index (χ3v) is 6.72. The normalized spacial score (nSPS) is 11.4. The van der Waals surface area contributed by atoms with Gasteiger partial charge < -0.3 is 5.32 Å². The Morgan fingerprint density at radius 1 is 1.04 bits per heavy atom. The summed E-state index contributed by atoms with van der Waals surface area (Å²) in [5, 5.41) is 2.96. The van der Waals surface area contributed by atoms with E-state index in [1.807, 2.05) is 19.9 Å². The molecule has 2 aromatic rings. The highest BCUT2D eigenvalue weighted by Crippen LogP contribution is 2.26. The monoisotopic (exact) mass is 388 g/mol. The van der Waals surface area contributed by atoms with Crippen LogP contribution >= 0.6 is 0 Å². The molecule has 1 amide bonds. The van der Waals surface area contributed by atoms with Crippen LogP contribution in [0.15, 0.2) is 53.4 Å². The van der Waals surface area contributed by atoms with E-state index in [0.717, 1.165) is 12.8 Å². The van der Waals surface area contributed by atoms with Crippen LogP contribution in [0.1, 0.15) is 49.5 Å². The van der Waals surface area contributed by atoms with Gasteiger partial charge in [0.2, 0.25) is 0 Å². The number of hydrogen-bond acceptors (Lipinski definition) is 3. The summed E-state index contributed by atoms with van der Waals surface area (Å²) in [5.41, 5.74) is 1.57. The maximum absolute atomic E-state index is 13.3. The topological polar surface area (TPSA) is 66.5 Å². The van der Waals surface area contributed by atoms with E-state index < -0.39 is 10.0 Å². The minimum Gasteiger partial charge on any atom is -0.349 e. The molecule has 0 fully saturated rings. The number of amides is 1. The van der Waals surface area contributed by atoms with Gasteiger partial charge in [-0.05, 0) is 56.5 Å². The van der Waals surface area contributed by atoms with Crippen LogP contribution in [0.25, 0.3) is 0 Å². The molecule has 0 aliphatic heterocycles. The average molecular weight is 389 g/mol. The van der Waals surface area contributed by atoms with Crippen molar-refractivity contribution in [2.75, 3.05) is 10.8 Å². The Morgan fingerprint density at radius 2 is 1.67 bits per heavy atom. The number of rotatable bonds is 8. The lowest BCUT2D eigenvalue weighted by molar-refractivity contribution is 0.0934. The number of para-hydroxylation sites is 1. The third-order valence-electron chi connectivity index (χ3n) is 4.67. The van der Waals surface area contributed by atoms with Crippen molar-refractivity contribution < 1.29 is 13.2 Å². The van der Waals surface area contributed by atoms with Crippen LogP contribution in [0.4, 0.5) is 5.69 Å². The number of carbonyl (C=O) groups is 1. The van der Waals surface area contributed by atoms with E-state index >= 15 is 0 Å². The second kappa shape index (κ2) is 9.04. The molecule has 0 saturated heterocycles. The van der Waals surface area contributed by atoms with Gasteiger partial charge in [-0.25, -0.2) is 8.42 Å². The molecule has 0 aromatic heterocycles. The van der Waals surface area contributed by atoms with E-state index in [1.54, 1.807) is 50.2 Å². The molecule has 2 aromatic carbocycles. The molecule has 1 N–H and O–H groups in total. The van der Waals surface area contributed by atoms with Crippen LogP contribution in [0, 0.1) is 6.92 Å². The van der Waals surface area contributed by atoms with E-state index in [9.17, 15) is 13.2 Å². The molecule has 0 saturated carbocycles. The average Bonchev–Trinajstić information content (AvgIpc) is 2.67. The zero-order chi connectivity index (χ0) is 20.0. The maximum atomic E-state index is 13.3. The first-order chi connectivity index (χ1) is 12.8. The molecule has 5 nitrogen and oxygen atoms in total. The fourth-order valence-electron chi connectivity index (χ4n) is 2.99. The molecule has 0 aliphatic rings. The van der Waals surface area contributed by atoms with Crippen molar-refractivity contribution in [3.05, 3.63) is 59.7 Å². The molecule has 0 spiro atoms. The largest absolute Gasteiger partial charge is 0.349 e.